The Labute approximate surface area is 77.6 Å². The molecule has 0 amide bonds. The zero-order valence-electron chi connectivity index (χ0n) is 7.67. The number of phenolic OH excluding ortho intramolecular Hbond substituents is 1. The second-order valence-electron chi connectivity index (χ2n) is 3.53. The quantitative estimate of drug-likeness (QED) is 0.449. The first-order chi connectivity index (χ1) is 6.20. The first kappa shape index (κ1) is 8.38. The molecule has 2 rings (SSSR count). The van der Waals surface area contributed by atoms with Crippen LogP contribution in [0.5, 0.6) is 5.75 Å². The van der Waals surface area contributed by atoms with E-state index in [1.54, 1.807) is 6.07 Å². The highest BCUT2D eigenvalue weighted by atomic mass is 16.3. The molecule has 1 atom stereocenters. The number of hydrogen-bond donors (Lipinski definition) is 3. The minimum atomic E-state index is 0.247. The van der Waals surface area contributed by atoms with Crippen LogP contribution in [0.25, 0.3) is 0 Å². The van der Waals surface area contributed by atoms with Gasteiger partial charge in [0, 0.05) is 11.6 Å². The van der Waals surface area contributed by atoms with Crippen LogP contribution in [0.4, 0.5) is 5.69 Å². The molecule has 13 heavy (non-hydrogen) atoms. The molecule has 1 saturated heterocycles. The highest BCUT2D eigenvalue weighted by molar-refractivity contribution is 5.59. The molecule has 3 nitrogen and oxygen atoms in total. The first-order valence-corrected chi connectivity index (χ1v) is 4.51. The molecule has 4 N–H and O–H groups in total. The molecule has 70 valence electrons. The summed E-state index contributed by atoms with van der Waals surface area (Å²) in [4.78, 5) is 0. The van der Waals surface area contributed by atoms with Crippen molar-refractivity contribution in [2.45, 2.75) is 19.4 Å². The fourth-order valence-corrected chi connectivity index (χ4v) is 1.70. The molecule has 0 unspecified atom stereocenters. The summed E-state index contributed by atoms with van der Waals surface area (Å²) in [5.74, 6) is 0.247. The Balaban J connectivity index is 2.46. The zero-order valence-corrected chi connectivity index (χ0v) is 7.67. The summed E-state index contributed by atoms with van der Waals surface area (Å²) in [6, 6.07) is 3.99. The molecule has 3 heteroatoms. The van der Waals surface area contributed by atoms with Crippen LogP contribution in [-0.2, 0) is 0 Å². The van der Waals surface area contributed by atoms with E-state index in [9.17, 15) is 5.11 Å². The third kappa shape index (κ3) is 1.25. The van der Waals surface area contributed by atoms with Gasteiger partial charge < -0.3 is 16.2 Å². The van der Waals surface area contributed by atoms with E-state index in [0.717, 1.165) is 24.1 Å². The molecule has 1 aliphatic heterocycles. The Hall–Kier alpha value is -1.22. The van der Waals surface area contributed by atoms with Crippen LogP contribution < -0.4 is 11.1 Å². The lowest BCUT2D eigenvalue weighted by molar-refractivity contribution is 0.364. The maximum atomic E-state index is 9.75. The smallest absolute Gasteiger partial charge is 0.143 e. The second-order valence-corrected chi connectivity index (χ2v) is 3.53. The van der Waals surface area contributed by atoms with Gasteiger partial charge in [-0.25, -0.2) is 0 Å². The lowest BCUT2D eigenvalue weighted by Crippen LogP contribution is -2.35. The van der Waals surface area contributed by atoms with E-state index in [4.69, 9.17) is 5.73 Å². The lowest BCUT2D eigenvalue weighted by Gasteiger charge is -2.30. The van der Waals surface area contributed by atoms with E-state index < -0.39 is 0 Å². The van der Waals surface area contributed by atoms with Gasteiger partial charge in [0.2, 0.25) is 0 Å². The molecule has 0 aliphatic carbocycles. The van der Waals surface area contributed by atoms with Crippen LogP contribution >= 0.6 is 0 Å². The largest absolute Gasteiger partial charge is 0.505 e. The zero-order chi connectivity index (χ0) is 9.42. The fraction of sp³-hybridized carbons (Fsp3) is 0.400. The lowest BCUT2D eigenvalue weighted by atomic mass is 9.92. The molecule has 1 aliphatic rings. The molecular formula is C10H14N2O. The maximum absolute atomic E-state index is 9.75. The van der Waals surface area contributed by atoms with Crippen molar-refractivity contribution in [2.24, 2.45) is 0 Å². The Morgan fingerprint density at radius 2 is 2.23 bits per heavy atom. The number of nitrogen functional groups attached to an aromatic ring is 1. The minimum Gasteiger partial charge on any atom is -0.505 e. The first-order valence-electron chi connectivity index (χ1n) is 4.51. The monoisotopic (exact) mass is 178 g/mol. The summed E-state index contributed by atoms with van der Waals surface area (Å²) >= 11 is 0. The maximum Gasteiger partial charge on any atom is 0.143 e. The van der Waals surface area contributed by atoms with Crippen LogP contribution in [0.1, 0.15) is 23.6 Å². The van der Waals surface area contributed by atoms with Crippen molar-refractivity contribution in [3.63, 3.8) is 0 Å². The number of anilines is 1. The topological polar surface area (TPSA) is 58.3 Å². The summed E-state index contributed by atoms with van der Waals surface area (Å²) < 4.78 is 0. The van der Waals surface area contributed by atoms with Gasteiger partial charge in [-0.2, -0.15) is 0 Å². The molecule has 1 aromatic rings. The molecule has 0 aromatic heterocycles. The number of benzene rings is 1. The van der Waals surface area contributed by atoms with Gasteiger partial charge in [-0.05, 0) is 31.5 Å². The summed E-state index contributed by atoms with van der Waals surface area (Å²) in [6.45, 7) is 3.02. The number of rotatable bonds is 1. The minimum absolute atomic E-state index is 0.247. The van der Waals surface area contributed by atoms with Gasteiger partial charge in [0.05, 0.1) is 5.69 Å². The third-order valence-electron chi connectivity index (χ3n) is 2.64. The predicted octanol–water partition coefficient (Wildman–Crippen LogP) is 1.32. The van der Waals surface area contributed by atoms with Crippen molar-refractivity contribution >= 4 is 5.69 Å². The molecule has 1 heterocycles. The van der Waals surface area contributed by atoms with Crippen LogP contribution in [0.15, 0.2) is 12.1 Å². The van der Waals surface area contributed by atoms with Crippen molar-refractivity contribution in [1.82, 2.24) is 5.32 Å². The molecule has 0 spiro atoms. The normalized spacial score (nSPS) is 21.2. The van der Waals surface area contributed by atoms with Crippen molar-refractivity contribution in [3.05, 3.63) is 23.3 Å². The summed E-state index contributed by atoms with van der Waals surface area (Å²) in [5.41, 5.74) is 8.16. The molecule has 1 fully saturated rings. The highest BCUT2D eigenvalue weighted by Gasteiger charge is 2.24. The van der Waals surface area contributed by atoms with Crippen LogP contribution in [0, 0.1) is 6.92 Å². The second kappa shape index (κ2) is 2.92. The summed E-state index contributed by atoms with van der Waals surface area (Å²) in [7, 11) is 0. The number of aryl methyl sites for hydroxylation is 1. The molecule has 0 saturated carbocycles. The van der Waals surface area contributed by atoms with Gasteiger partial charge in [-0.15, -0.1) is 0 Å². The van der Waals surface area contributed by atoms with Crippen LogP contribution in [0.3, 0.4) is 0 Å². The van der Waals surface area contributed by atoms with Gasteiger partial charge in [0.1, 0.15) is 5.75 Å². The Bertz CT molecular complexity index is 332. The standard InChI is InChI=1S/C10H14N2O/c1-6-2-3-7(11)10(13)9(6)8-4-5-12-8/h2-3,8,12-13H,4-5,11H2,1H3/t8-/m0/s1. The number of hydrogen-bond acceptors (Lipinski definition) is 3. The Kier molecular flexibility index (Phi) is 1.88. The predicted molar refractivity (Wildman–Crippen MR) is 52.6 cm³/mol. The van der Waals surface area contributed by atoms with E-state index in [1.807, 2.05) is 13.0 Å². The SMILES string of the molecule is Cc1ccc(N)c(O)c1[C@@H]1CCN1. The Morgan fingerprint density at radius 1 is 1.54 bits per heavy atom. The van der Waals surface area contributed by atoms with E-state index in [-0.39, 0.29) is 5.75 Å². The van der Waals surface area contributed by atoms with Crippen molar-refractivity contribution in [1.29, 1.82) is 0 Å². The van der Waals surface area contributed by atoms with Crippen LogP contribution in [0.2, 0.25) is 0 Å². The van der Waals surface area contributed by atoms with Crippen LogP contribution in [-0.4, -0.2) is 11.7 Å². The van der Waals surface area contributed by atoms with E-state index in [0.29, 0.717) is 11.7 Å². The van der Waals surface area contributed by atoms with E-state index in [1.165, 1.54) is 0 Å². The van der Waals surface area contributed by atoms with Gasteiger partial charge >= 0.3 is 0 Å². The van der Waals surface area contributed by atoms with E-state index >= 15 is 0 Å². The van der Waals surface area contributed by atoms with Gasteiger partial charge in [0.15, 0.2) is 0 Å². The molecular weight excluding hydrogens is 164 g/mol. The average molecular weight is 178 g/mol. The van der Waals surface area contributed by atoms with E-state index in [2.05, 4.69) is 5.32 Å². The third-order valence-corrected chi connectivity index (χ3v) is 2.64. The Morgan fingerprint density at radius 3 is 2.77 bits per heavy atom. The van der Waals surface area contributed by atoms with Gasteiger partial charge in [-0.1, -0.05) is 6.07 Å². The van der Waals surface area contributed by atoms with Crippen molar-refractivity contribution < 1.29 is 5.11 Å². The number of phenols is 1. The molecule has 1 aromatic carbocycles. The number of nitrogens with one attached hydrogen (secondary N) is 1. The molecule has 0 bridgehead atoms. The average Bonchev–Trinajstić information content (AvgIpc) is 2.02. The summed E-state index contributed by atoms with van der Waals surface area (Å²) in [6.07, 6.45) is 1.08. The van der Waals surface area contributed by atoms with Crippen molar-refractivity contribution in [2.75, 3.05) is 12.3 Å². The highest BCUT2D eigenvalue weighted by Crippen LogP contribution is 2.36. The summed E-state index contributed by atoms with van der Waals surface area (Å²) in [5, 5.41) is 13.0. The van der Waals surface area contributed by atoms with Gasteiger partial charge in [0.25, 0.3) is 0 Å². The van der Waals surface area contributed by atoms with Gasteiger partial charge in [-0.3, -0.25) is 0 Å². The number of nitrogens with two attached hydrogens (primary N) is 1. The van der Waals surface area contributed by atoms with Crippen molar-refractivity contribution in [3.8, 4) is 5.75 Å². The number of aromatic hydroxyl groups is 1. The fourth-order valence-electron chi connectivity index (χ4n) is 1.70. The molecule has 0 radical (unpaired) electrons.